The lowest BCUT2D eigenvalue weighted by atomic mass is 9.40. The molecule has 0 amide bonds. The van der Waals surface area contributed by atoms with E-state index in [1.165, 1.54) is 70.3 Å². The number of aromatic nitrogens is 2. The summed E-state index contributed by atoms with van der Waals surface area (Å²) >= 11 is 0. The van der Waals surface area contributed by atoms with Crippen LogP contribution < -0.4 is 9.64 Å². The number of nitro benzene ring substituents is 1. The lowest BCUT2D eigenvalue weighted by Gasteiger charge is -2.64. The van der Waals surface area contributed by atoms with Crippen LogP contribution in [-0.4, -0.2) is 72.5 Å². The van der Waals surface area contributed by atoms with Gasteiger partial charge in [-0.05, 0) is 105 Å². The molecule has 2 aromatic carbocycles. The second kappa shape index (κ2) is 15.7. The van der Waals surface area contributed by atoms with E-state index in [4.69, 9.17) is 4.74 Å². The molecule has 4 saturated carbocycles. The third kappa shape index (κ3) is 7.87. The fourth-order valence-electron chi connectivity index (χ4n) is 10.5. The average Bonchev–Trinajstić information content (AvgIpc) is 3.65. The highest BCUT2D eigenvalue weighted by molar-refractivity contribution is 7.92. The van der Waals surface area contributed by atoms with Crippen molar-refractivity contribution in [3.8, 4) is 11.5 Å². The quantitative estimate of drug-likeness (QED) is 0.0573. The van der Waals surface area contributed by atoms with E-state index >= 15 is 0 Å². The molecule has 0 atom stereocenters. The molecule has 5 aliphatic carbocycles. The zero-order chi connectivity index (χ0) is 39.1. The first-order valence-corrected chi connectivity index (χ1v) is 22.7. The standard InChI is InChI=1S/C45H53N5O6S/c51-42(30-57(54,55)38-14-12-33(41(24-38)50(52)53)11-10-31-6-2-1-3-7-31)39-15-13-36(23-43(39)56-37-22-34-16-17-46-44(34)47-28-37)49-20-18-48(19-21-49)29-35-8-4-5-9-40(35)45-25-32(26-45)27-45/h12-17,22-24,28,31-32H,1-11,18-21,25-27,29-30H2,(H,46,47). The predicted molar refractivity (Wildman–Crippen MR) is 221 cm³/mol. The van der Waals surface area contributed by atoms with Crippen LogP contribution in [0.1, 0.15) is 99.4 Å². The van der Waals surface area contributed by atoms with Crippen LogP contribution in [0.4, 0.5) is 11.4 Å². The lowest BCUT2D eigenvalue weighted by molar-refractivity contribution is -0.385. The minimum atomic E-state index is -4.23. The molecular formula is C45H53N5O6S. The van der Waals surface area contributed by atoms with Crippen LogP contribution in [0.15, 0.2) is 77.0 Å². The molecule has 1 aliphatic heterocycles. The number of ether oxygens (including phenoxy) is 1. The Balaban J connectivity index is 0.924. The molecule has 1 saturated heterocycles. The zero-order valence-electron chi connectivity index (χ0n) is 32.7. The van der Waals surface area contributed by atoms with Gasteiger partial charge in [0.2, 0.25) is 0 Å². The van der Waals surface area contributed by atoms with Crippen molar-refractivity contribution in [1.29, 1.82) is 0 Å². The summed E-state index contributed by atoms with van der Waals surface area (Å²) < 4.78 is 33.9. The molecule has 1 N–H and O–H groups in total. The normalized spacial score (nSPS) is 22.9. The summed E-state index contributed by atoms with van der Waals surface area (Å²) in [5.74, 6) is 0.674. The summed E-state index contributed by atoms with van der Waals surface area (Å²) in [5.41, 5.74) is 6.08. The van der Waals surface area contributed by atoms with Crippen LogP contribution in [0.3, 0.4) is 0 Å². The van der Waals surface area contributed by atoms with Gasteiger partial charge in [0.1, 0.15) is 22.9 Å². The molecule has 10 rings (SSSR count). The number of pyridine rings is 1. The summed E-state index contributed by atoms with van der Waals surface area (Å²) in [5, 5.41) is 13.0. The number of fused-ring (bicyclic) bond motifs is 1. The SMILES string of the molecule is O=C(CS(=O)(=O)c1ccc(CCC2CCCCC2)c([N+](=O)[O-])c1)c1ccc(N2CCN(CC3=C(C45CC(C4)C5)CCCC3)CC2)cc1Oc1cnc2[nH]ccc2c1. The fraction of sp³-hybridized carbons (Fsp3) is 0.511. The Labute approximate surface area is 334 Å². The first kappa shape index (κ1) is 38.0. The summed E-state index contributed by atoms with van der Waals surface area (Å²) in [7, 11) is -4.23. The highest BCUT2D eigenvalue weighted by Crippen LogP contribution is 2.69. The van der Waals surface area contributed by atoms with E-state index in [1.807, 2.05) is 24.3 Å². The van der Waals surface area contributed by atoms with Gasteiger partial charge in [0, 0.05) is 67.7 Å². The number of aryl methyl sites for hydroxylation is 1. The van der Waals surface area contributed by atoms with E-state index in [0.29, 0.717) is 34.7 Å². The second-order valence-electron chi connectivity index (χ2n) is 17.5. The number of nitro groups is 1. The van der Waals surface area contributed by atoms with Crippen LogP contribution in [0.25, 0.3) is 11.0 Å². The summed E-state index contributed by atoms with van der Waals surface area (Å²) in [6.07, 6.45) is 20.0. The van der Waals surface area contributed by atoms with Crippen molar-refractivity contribution in [2.24, 2.45) is 17.3 Å². The molecule has 6 aliphatic rings. The van der Waals surface area contributed by atoms with Gasteiger partial charge in [-0.2, -0.15) is 0 Å². The number of H-pyrrole nitrogens is 1. The van der Waals surface area contributed by atoms with Crippen molar-refractivity contribution in [3.05, 3.63) is 93.3 Å². The van der Waals surface area contributed by atoms with Gasteiger partial charge in [0.15, 0.2) is 15.6 Å². The van der Waals surface area contributed by atoms with Crippen molar-refractivity contribution >= 4 is 38.0 Å². The van der Waals surface area contributed by atoms with Crippen molar-refractivity contribution < 1.29 is 22.9 Å². The number of carbonyl (C=O) groups is 1. The Hall–Kier alpha value is -4.55. The van der Waals surface area contributed by atoms with Crippen LogP contribution in [0.5, 0.6) is 11.5 Å². The monoisotopic (exact) mass is 791 g/mol. The first-order valence-electron chi connectivity index (χ1n) is 21.1. The van der Waals surface area contributed by atoms with Gasteiger partial charge < -0.3 is 14.6 Å². The number of anilines is 1. The van der Waals surface area contributed by atoms with Gasteiger partial charge in [0.25, 0.3) is 5.69 Å². The molecule has 11 nitrogen and oxygen atoms in total. The van der Waals surface area contributed by atoms with E-state index in [1.54, 1.807) is 35.7 Å². The number of aromatic amines is 1. The van der Waals surface area contributed by atoms with Crippen molar-refractivity contribution in [2.75, 3.05) is 43.4 Å². The molecule has 300 valence electrons. The molecule has 2 aromatic heterocycles. The Bertz CT molecular complexity index is 2300. The number of hydrogen-bond acceptors (Lipinski definition) is 9. The Morgan fingerprint density at radius 2 is 1.74 bits per heavy atom. The van der Waals surface area contributed by atoms with Crippen LogP contribution in [-0.2, 0) is 16.3 Å². The van der Waals surface area contributed by atoms with Gasteiger partial charge in [-0.25, -0.2) is 13.4 Å². The largest absolute Gasteiger partial charge is 0.455 e. The zero-order valence-corrected chi connectivity index (χ0v) is 33.5. The molecule has 0 unspecified atom stereocenters. The summed E-state index contributed by atoms with van der Waals surface area (Å²) in [6.45, 7) is 4.57. The maximum Gasteiger partial charge on any atom is 0.273 e. The molecule has 5 fully saturated rings. The van der Waals surface area contributed by atoms with Crippen molar-refractivity contribution in [3.63, 3.8) is 0 Å². The molecular weight excluding hydrogens is 739 g/mol. The summed E-state index contributed by atoms with van der Waals surface area (Å²) in [6, 6.07) is 13.1. The highest BCUT2D eigenvalue weighted by Gasteiger charge is 2.58. The number of rotatable bonds is 14. The molecule has 0 spiro atoms. The van der Waals surface area contributed by atoms with E-state index in [2.05, 4.69) is 19.8 Å². The second-order valence-corrected chi connectivity index (χ2v) is 19.4. The number of ketones is 1. The smallest absolute Gasteiger partial charge is 0.273 e. The Morgan fingerprint density at radius 1 is 0.947 bits per heavy atom. The Kier molecular flexibility index (Phi) is 10.4. The molecule has 3 heterocycles. The predicted octanol–water partition coefficient (Wildman–Crippen LogP) is 9.23. The van der Waals surface area contributed by atoms with Crippen molar-refractivity contribution in [2.45, 2.75) is 94.8 Å². The number of hydrogen-bond donors (Lipinski definition) is 1. The maximum absolute atomic E-state index is 14.0. The van der Waals surface area contributed by atoms with Crippen LogP contribution >= 0.6 is 0 Å². The number of nitrogens with zero attached hydrogens (tertiary/aromatic N) is 4. The number of piperazine rings is 1. The lowest BCUT2D eigenvalue weighted by Crippen LogP contribution is -2.54. The van der Waals surface area contributed by atoms with Gasteiger partial charge in [-0.3, -0.25) is 19.8 Å². The van der Waals surface area contributed by atoms with Gasteiger partial charge >= 0.3 is 0 Å². The third-order valence-electron chi connectivity index (χ3n) is 13.8. The average molecular weight is 792 g/mol. The minimum absolute atomic E-state index is 0.124. The minimum Gasteiger partial charge on any atom is -0.455 e. The van der Waals surface area contributed by atoms with E-state index in [9.17, 15) is 23.3 Å². The maximum atomic E-state index is 14.0. The van der Waals surface area contributed by atoms with Gasteiger partial charge in [-0.15, -0.1) is 0 Å². The number of benzene rings is 2. The number of allylic oxidation sites excluding steroid dienone is 1. The third-order valence-corrected chi connectivity index (χ3v) is 15.4. The summed E-state index contributed by atoms with van der Waals surface area (Å²) in [4.78, 5) is 37.8. The number of sulfone groups is 1. The fourth-order valence-corrected chi connectivity index (χ4v) is 11.7. The van der Waals surface area contributed by atoms with Crippen LogP contribution in [0.2, 0.25) is 0 Å². The number of Topliss-reactive ketones (excluding diaryl/α,β-unsaturated/α-hetero) is 1. The molecule has 2 bridgehead atoms. The van der Waals surface area contributed by atoms with Gasteiger partial charge in [0.05, 0.1) is 21.6 Å². The molecule has 57 heavy (non-hydrogen) atoms. The van der Waals surface area contributed by atoms with E-state index in [-0.39, 0.29) is 21.9 Å². The topological polar surface area (TPSA) is 139 Å². The van der Waals surface area contributed by atoms with Crippen LogP contribution in [0, 0.1) is 27.4 Å². The number of carbonyl (C=O) groups excluding carboxylic acids is 1. The van der Waals surface area contributed by atoms with E-state index < -0.39 is 26.3 Å². The molecule has 4 aromatic rings. The van der Waals surface area contributed by atoms with E-state index in [0.717, 1.165) is 75.0 Å². The van der Waals surface area contributed by atoms with Crippen molar-refractivity contribution in [1.82, 2.24) is 14.9 Å². The first-order chi connectivity index (χ1) is 27.6. The Morgan fingerprint density at radius 3 is 2.49 bits per heavy atom. The number of nitrogens with one attached hydrogen (secondary N) is 1. The molecule has 0 radical (unpaired) electrons. The molecule has 12 heteroatoms. The van der Waals surface area contributed by atoms with Gasteiger partial charge in [-0.1, -0.05) is 49.3 Å². The highest BCUT2D eigenvalue weighted by atomic mass is 32.2.